The first-order chi connectivity index (χ1) is 9.11. The fraction of sp³-hybridized carbons (Fsp3) is 0.417. The number of carbonyl (C=O) groups excluding carboxylic acids is 2. The number of nitrogens with zero attached hydrogens (tertiary/aromatic N) is 2. The molecule has 102 valence electrons. The predicted octanol–water partition coefficient (Wildman–Crippen LogP) is 0.848. The van der Waals surface area contributed by atoms with Crippen molar-refractivity contribution in [2.45, 2.75) is 6.42 Å². The Bertz CT molecular complexity index is 507. The average Bonchev–Trinajstić information content (AvgIpc) is 2.62. The lowest BCUT2D eigenvalue weighted by Crippen LogP contribution is -2.34. The van der Waals surface area contributed by atoms with Crippen LogP contribution >= 0.6 is 15.9 Å². The van der Waals surface area contributed by atoms with E-state index in [-0.39, 0.29) is 11.8 Å². The molecule has 0 aliphatic carbocycles. The molecule has 1 aromatic rings. The van der Waals surface area contributed by atoms with Crippen LogP contribution in [0, 0.1) is 0 Å². The van der Waals surface area contributed by atoms with E-state index >= 15 is 0 Å². The number of aromatic nitrogens is 1. The predicted molar refractivity (Wildman–Crippen MR) is 75.0 cm³/mol. The third-order valence-corrected chi connectivity index (χ3v) is 3.36. The fourth-order valence-electron chi connectivity index (χ4n) is 1.94. The first kappa shape index (κ1) is 13.8. The van der Waals surface area contributed by atoms with Crippen LogP contribution in [-0.4, -0.2) is 48.4 Å². The summed E-state index contributed by atoms with van der Waals surface area (Å²) in [5.41, 5.74) is 0.506. The normalized spacial score (nSPS) is 15.7. The molecular formula is C12H15BrN4O2. The maximum absolute atomic E-state index is 12.5. The van der Waals surface area contributed by atoms with Gasteiger partial charge in [0.2, 0.25) is 5.91 Å². The molecule has 1 aliphatic rings. The molecule has 2 amide bonds. The second kappa shape index (κ2) is 6.01. The lowest BCUT2D eigenvalue weighted by molar-refractivity contribution is -0.120. The Balaban J connectivity index is 2.23. The van der Waals surface area contributed by atoms with Crippen molar-refractivity contribution in [1.29, 1.82) is 0 Å². The van der Waals surface area contributed by atoms with Crippen molar-refractivity contribution in [2.75, 3.05) is 32.0 Å². The Morgan fingerprint density at radius 3 is 3.05 bits per heavy atom. The molecule has 7 heteroatoms. The Kier molecular flexibility index (Phi) is 4.36. The number of nitrogens with one attached hydrogen (secondary N) is 2. The minimum atomic E-state index is -0.116. The lowest BCUT2D eigenvalue weighted by atomic mass is 10.2. The van der Waals surface area contributed by atoms with E-state index in [1.807, 2.05) is 0 Å². The Labute approximate surface area is 119 Å². The van der Waals surface area contributed by atoms with Crippen molar-refractivity contribution < 1.29 is 9.59 Å². The highest BCUT2D eigenvalue weighted by molar-refractivity contribution is 9.10. The van der Waals surface area contributed by atoms with Gasteiger partial charge >= 0.3 is 0 Å². The van der Waals surface area contributed by atoms with Crippen LogP contribution in [0.25, 0.3) is 0 Å². The van der Waals surface area contributed by atoms with E-state index < -0.39 is 0 Å². The van der Waals surface area contributed by atoms with Gasteiger partial charge in [-0.15, -0.1) is 0 Å². The van der Waals surface area contributed by atoms with Crippen molar-refractivity contribution in [3.8, 4) is 0 Å². The highest BCUT2D eigenvalue weighted by Crippen LogP contribution is 2.19. The minimum Gasteiger partial charge on any atom is -0.372 e. The van der Waals surface area contributed by atoms with Crippen molar-refractivity contribution in [2.24, 2.45) is 0 Å². The number of hydrogen-bond donors (Lipinski definition) is 2. The van der Waals surface area contributed by atoms with Crippen molar-refractivity contribution >= 4 is 33.6 Å². The number of halogens is 1. The van der Waals surface area contributed by atoms with Gasteiger partial charge in [0.25, 0.3) is 5.91 Å². The number of rotatable bonds is 2. The number of carbonyl (C=O) groups is 2. The van der Waals surface area contributed by atoms with Crippen LogP contribution in [-0.2, 0) is 4.79 Å². The van der Waals surface area contributed by atoms with E-state index in [0.717, 1.165) is 4.47 Å². The van der Waals surface area contributed by atoms with Crippen LogP contribution in [0.5, 0.6) is 0 Å². The summed E-state index contributed by atoms with van der Waals surface area (Å²) in [6.07, 6.45) is 1.97. The van der Waals surface area contributed by atoms with Crippen LogP contribution < -0.4 is 10.6 Å². The maximum Gasteiger partial charge on any atom is 0.257 e. The molecule has 0 unspecified atom stereocenters. The molecule has 2 N–H and O–H groups in total. The van der Waals surface area contributed by atoms with E-state index in [0.29, 0.717) is 37.4 Å². The Morgan fingerprint density at radius 2 is 2.32 bits per heavy atom. The van der Waals surface area contributed by atoms with Gasteiger partial charge in [-0.3, -0.25) is 9.59 Å². The average molecular weight is 327 g/mol. The summed E-state index contributed by atoms with van der Waals surface area (Å²) in [4.78, 5) is 29.6. The smallest absolute Gasteiger partial charge is 0.257 e. The Hall–Kier alpha value is -1.63. The van der Waals surface area contributed by atoms with Gasteiger partial charge in [-0.2, -0.15) is 0 Å². The molecule has 2 heterocycles. The van der Waals surface area contributed by atoms with Crippen LogP contribution in [0.15, 0.2) is 16.7 Å². The molecule has 1 aromatic heterocycles. The second-order valence-corrected chi connectivity index (χ2v) is 5.11. The fourth-order valence-corrected chi connectivity index (χ4v) is 2.27. The lowest BCUT2D eigenvalue weighted by Gasteiger charge is -2.20. The van der Waals surface area contributed by atoms with Crippen LogP contribution in [0.3, 0.4) is 0 Å². The van der Waals surface area contributed by atoms with E-state index in [1.165, 1.54) is 0 Å². The number of amides is 2. The third kappa shape index (κ3) is 3.23. The van der Waals surface area contributed by atoms with E-state index in [2.05, 4.69) is 31.5 Å². The van der Waals surface area contributed by atoms with Gasteiger partial charge in [0.15, 0.2) is 0 Å². The summed E-state index contributed by atoms with van der Waals surface area (Å²) in [7, 11) is 1.72. The monoisotopic (exact) mass is 326 g/mol. The second-order valence-electron chi connectivity index (χ2n) is 4.19. The topological polar surface area (TPSA) is 74.3 Å². The number of pyridine rings is 1. The minimum absolute atomic E-state index is 0.0171. The zero-order valence-electron chi connectivity index (χ0n) is 10.6. The molecule has 0 radical (unpaired) electrons. The van der Waals surface area contributed by atoms with Gasteiger partial charge in [-0.25, -0.2) is 4.98 Å². The SMILES string of the molecule is CNc1ncc(Br)cc1C(=O)N1CCNC(=O)CC1. The number of hydrogen-bond acceptors (Lipinski definition) is 4. The van der Waals surface area contributed by atoms with Crippen molar-refractivity contribution in [3.63, 3.8) is 0 Å². The van der Waals surface area contributed by atoms with Gasteiger partial charge in [0.1, 0.15) is 5.82 Å². The van der Waals surface area contributed by atoms with Crippen molar-refractivity contribution in [3.05, 3.63) is 22.3 Å². The van der Waals surface area contributed by atoms with E-state index in [4.69, 9.17) is 0 Å². The van der Waals surface area contributed by atoms with Crippen LogP contribution in [0.2, 0.25) is 0 Å². The molecule has 0 saturated carbocycles. The molecule has 0 bridgehead atoms. The highest BCUT2D eigenvalue weighted by atomic mass is 79.9. The summed E-state index contributed by atoms with van der Waals surface area (Å²) in [5.74, 6) is 0.405. The standard InChI is InChI=1S/C12H15BrN4O2/c1-14-11-9(6-8(13)7-16-11)12(19)17-4-2-10(18)15-3-5-17/h6-7H,2-5H2,1H3,(H,14,16)(H,15,18). The van der Waals surface area contributed by atoms with Gasteiger partial charge < -0.3 is 15.5 Å². The molecule has 19 heavy (non-hydrogen) atoms. The van der Waals surface area contributed by atoms with E-state index in [1.54, 1.807) is 24.2 Å². The molecule has 1 fully saturated rings. The Morgan fingerprint density at radius 1 is 1.53 bits per heavy atom. The summed E-state index contributed by atoms with van der Waals surface area (Å²) in [6.45, 7) is 1.43. The first-order valence-corrected chi connectivity index (χ1v) is 6.80. The summed E-state index contributed by atoms with van der Waals surface area (Å²) < 4.78 is 0.749. The molecule has 0 spiro atoms. The molecule has 6 nitrogen and oxygen atoms in total. The van der Waals surface area contributed by atoms with Crippen LogP contribution in [0.4, 0.5) is 5.82 Å². The zero-order chi connectivity index (χ0) is 13.8. The van der Waals surface area contributed by atoms with Crippen molar-refractivity contribution in [1.82, 2.24) is 15.2 Å². The van der Waals surface area contributed by atoms with Gasteiger partial charge in [0.05, 0.1) is 5.56 Å². The molecule has 1 aliphatic heterocycles. The third-order valence-electron chi connectivity index (χ3n) is 2.92. The van der Waals surface area contributed by atoms with Crippen LogP contribution in [0.1, 0.15) is 16.8 Å². The van der Waals surface area contributed by atoms with E-state index in [9.17, 15) is 9.59 Å². The summed E-state index contributed by atoms with van der Waals surface area (Å²) in [5, 5.41) is 5.65. The molecule has 1 saturated heterocycles. The molecule has 0 aromatic carbocycles. The zero-order valence-corrected chi connectivity index (χ0v) is 12.2. The molecule has 2 rings (SSSR count). The maximum atomic E-state index is 12.5. The van der Waals surface area contributed by atoms with Gasteiger partial charge in [-0.1, -0.05) is 0 Å². The van der Waals surface area contributed by atoms with Gasteiger partial charge in [-0.05, 0) is 22.0 Å². The largest absolute Gasteiger partial charge is 0.372 e. The molecular weight excluding hydrogens is 312 g/mol. The summed E-state index contributed by atoms with van der Waals surface area (Å²) in [6, 6.07) is 1.74. The molecule has 0 atom stereocenters. The number of anilines is 1. The quantitative estimate of drug-likeness (QED) is 0.844. The highest BCUT2D eigenvalue weighted by Gasteiger charge is 2.22. The first-order valence-electron chi connectivity index (χ1n) is 6.01. The van der Waals surface area contributed by atoms with Gasteiger partial charge in [0, 0.05) is 43.8 Å². The summed E-state index contributed by atoms with van der Waals surface area (Å²) >= 11 is 3.32.